The number of nitrogens with zero attached hydrogens (tertiary/aromatic N) is 3. The molecule has 0 atom stereocenters. The number of nitrogens with one attached hydrogen (secondary N) is 1. The van der Waals surface area contributed by atoms with Crippen molar-refractivity contribution < 1.29 is 9.18 Å². The Labute approximate surface area is 172 Å². The zero-order valence-corrected chi connectivity index (χ0v) is 16.7. The molecule has 0 aliphatic carbocycles. The van der Waals surface area contributed by atoms with E-state index in [9.17, 15) is 9.18 Å². The second kappa shape index (κ2) is 7.64. The van der Waals surface area contributed by atoms with E-state index in [-0.39, 0.29) is 18.1 Å². The minimum absolute atomic E-state index is 0.106. The summed E-state index contributed by atoms with van der Waals surface area (Å²) < 4.78 is 14.7. The summed E-state index contributed by atoms with van der Waals surface area (Å²) in [4.78, 5) is 17.1. The summed E-state index contributed by atoms with van der Waals surface area (Å²) in [6.45, 7) is 3.85. The number of halogens is 2. The van der Waals surface area contributed by atoms with Crippen molar-refractivity contribution >= 4 is 29.0 Å². The minimum atomic E-state index is -0.338. The van der Waals surface area contributed by atoms with E-state index in [2.05, 4.69) is 15.4 Å². The maximum atomic E-state index is 13.1. The van der Waals surface area contributed by atoms with Gasteiger partial charge in [0.05, 0.1) is 12.0 Å². The summed E-state index contributed by atoms with van der Waals surface area (Å²) in [6, 6.07) is 11.5. The van der Waals surface area contributed by atoms with E-state index in [0.29, 0.717) is 27.6 Å². The molecule has 2 aromatic carbocycles. The number of aryl methyl sites for hydroxylation is 2. The van der Waals surface area contributed by atoms with Crippen LogP contribution in [0.15, 0.2) is 54.9 Å². The number of carbonyl (C=O) groups excluding carboxylic acids is 1. The van der Waals surface area contributed by atoms with Gasteiger partial charge in [0.2, 0.25) is 5.91 Å². The molecular formula is C22H18ClFN4O. The largest absolute Gasteiger partial charge is 0.308 e. The second-order valence-corrected chi connectivity index (χ2v) is 7.35. The lowest BCUT2D eigenvalue weighted by molar-refractivity contribution is -0.115. The molecule has 0 saturated carbocycles. The smallest absolute Gasteiger partial charge is 0.230 e. The van der Waals surface area contributed by atoms with E-state index in [1.807, 2.05) is 38.2 Å². The van der Waals surface area contributed by atoms with Gasteiger partial charge in [-0.25, -0.2) is 13.9 Å². The quantitative estimate of drug-likeness (QED) is 0.517. The van der Waals surface area contributed by atoms with Crippen LogP contribution in [-0.2, 0) is 11.2 Å². The molecule has 0 spiro atoms. The highest BCUT2D eigenvalue weighted by molar-refractivity contribution is 6.31. The van der Waals surface area contributed by atoms with Gasteiger partial charge in [0.15, 0.2) is 11.5 Å². The number of hydrogen-bond donors (Lipinski definition) is 1. The zero-order chi connectivity index (χ0) is 20.5. The summed E-state index contributed by atoms with van der Waals surface area (Å²) in [5, 5.41) is 8.01. The molecule has 5 nitrogen and oxygen atoms in total. The first-order valence-corrected chi connectivity index (χ1v) is 9.44. The Balaban J connectivity index is 1.73. The van der Waals surface area contributed by atoms with E-state index in [0.717, 1.165) is 16.7 Å². The highest BCUT2D eigenvalue weighted by Gasteiger charge is 2.19. The summed E-state index contributed by atoms with van der Waals surface area (Å²) in [5.74, 6) is -0.194. The molecule has 146 valence electrons. The number of fused-ring (bicyclic) bond motifs is 1. The van der Waals surface area contributed by atoms with Gasteiger partial charge in [-0.3, -0.25) is 4.79 Å². The summed E-state index contributed by atoms with van der Waals surface area (Å²) in [5.41, 5.74) is 4.73. The molecule has 2 heterocycles. The average molecular weight is 409 g/mol. The number of carbonyl (C=O) groups is 1. The Morgan fingerprint density at radius 1 is 1.17 bits per heavy atom. The van der Waals surface area contributed by atoms with Crippen LogP contribution in [0.25, 0.3) is 16.8 Å². The van der Waals surface area contributed by atoms with Crippen LogP contribution in [-0.4, -0.2) is 20.5 Å². The maximum absolute atomic E-state index is 13.1. The summed E-state index contributed by atoms with van der Waals surface area (Å²) in [6.07, 6.45) is 3.70. The lowest BCUT2D eigenvalue weighted by Gasteiger charge is -2.07. The molecule has 0 fully saturated rings. The van der Waals surface area contributed by atoms with Crippen molar-refractivity contribution in [2.45, 2.75) is 20.3 Å². The fourth-order valence-corrected chi connectivity index (χ4v) is 3.27. The first-order chi connectivity index (χ1) is 13.9. The summed E-state index contributed by atoms with van der Waals surface area (Å²) >= 11 is 6.32. The topological polar surface area (TPSA) is 59.3 Å². The molecule has 1 amide bonds. The molecule has 1 N–H and O–H groups in total. The fraction of sp³-hybridized carbons (Fsp3) is 0.136. The van der Waals surface area contributed by atoms with Crippen molar-refractivity contribution in [2.75, 3.05) is 5.32 Å². The molecule has 29 heavy (non-hydrogen) atoms. The third-order valence-electron chi connectivity index (χ3n) is 4.60. The van der Waals surface area contributed by atoms with Crippen molar-refractivity contribution in [1.82, 2.24) is 14.6 Å². The summed E-state index contributed by atoms with van der Waals surface area (Å²) in [7, 11) is 0. The van der Waals surface area contributed by atoms with Crippen LogP contribution in [0.3, 0.4) is 0 Å². The lowest BCUT2D eigenvalue weighted by atomic mass is 10.1. The molecule has 0 bridgehead atoms. The van der Waals surface area contributed by atoms with Gasteiger partial charge < -0.3 is 5.32 Å². The molecule has 0 unspecified atom stereocenters. The molecule has 2 aromatic heterocycles. The SMILES string of the molecule is Cc1cnc2c(-c3ccc(C)c(Cl)c3)c(NC(=O)Cc3ccc(F)cc3)nn2c1. The van der Waals surface area contributed by atoms with Gasteiger partial charge in [-0.05, 0) is 54.3 Å². The molecule has 0 radical (unpaired) electrons. The number of amides is 1. The monoisotopic (exact) mass is 408 g/mol. The van der Waals surface area contributed by atoms with E-state index < -0.39 is 0 Å². The van der Waals surface area contributed by atoms with Crippen molar-refractivity contribution in [2.24, 2.45) is 0 Å². The van der Waals surface area contributed by atoms with Crippen LogP contribution in [0, 0.1) is 19.7 Å². The van der Waals surface area contributed by atoms with Gasteiger partial charge in [0.25, 0.3) is 0 Å². The molecule has 7 heteroatoms. The predicted octanol–water partition coefficient (Wildman–Crippen LogP) is 4.99. The Kier molecular flexibility index (Phi) is 5.03. The normalized spacial score (nSPS) is 11.0. The van der Waals surface area contributed by atoms with Gasteiger partial charge in [0, 0.05) is 17.4 Å². The Morgan fingerprint density at radius 3 is 2.66 bits per heavy atom. The number of aromatic nitrogens is 3. The van der Waals surface area contributed by atoms with E-state index in [1.54, 1.807) is 22.8 Å². The zero-order valence-electron chi connectivity index (χ0n) is 15.9. The van der Waals surface area contributed by atoms with Crippen molar-refractivity contribution in [3.8, 4) is 11.1 Å². The Hall–Kier alpha value is -3.25. The number of anilines is 1. The van der Waals surface area contributed by atoms with Crippen LogP contribution < -0.4 is 5.32 Å². The number of benzene rings is 2. The first-order valence-electron chi connectivity index (χ1n) is 9.06. The van der Waals surface area contributed by atoms with E-state index in [1.165, 1.54) is 12.1 Å². The third kappa shape index (κ3) is 3.98. The standard InChI is InChI=1S/C22H18ClFN4O/c1-13-11-25-22-20(16-6-3-14(2)18(23)10-16)21(27-28(22)12-13)26-19(29)9-15-4-7-17(24)8-5-15/h3-8,10-12H,9H2,1-2H3,(H,26,27,29). The van der Waals surface area contributed by atoms with Crippen LogP contribution in [0.2, 0.25) is 5.02 Å². The molecule has 4 aromatic rings. The molecular weight excluding hydrogens is 391 g/mol. The molecule has 0 aliphatic rings. The van der Waals surface area contributed by atoms with Gasteiger partial charge in [-0.1, -0.05) is 35.9 Å². The van der Waals surface area contributed by atoms with Gasteiger partial charge >= 0.3 is 0 Å². The third-order valence-corrected chi connectivity index (χ3v) is 5.01. The van der Waals surface area contributed by atoms with Crippen molar-refractivity contribution in [3.63, 3.8) is 0 Å². The molecule has 0 aliphatic heterocycles. The highest BCUT2D eigenvalue weighted by atomic mass is 35.5. The van der Waals surface area contributed by atoms with Gasteiger partial charge in [0.1, 0.15) is 5.82 Å². The minimum Gasteiger partial charge on any atom is -0.308 e. The Bertz CT molecular complexity index is 1220. The number of hydrogen-bond acceptors (Lipinski definition) is 3. The average Bonchev–Trinajstić information content (AvgIpc) is 3.02. The van der Waals surface area contributed by atoms with Crippen molar-refractivity contribution in [1.29, 1.82) is 0 Å². The molecule has 0 saturated heterocycles. The van der Waals surface area contributed by atoms with E-state index >= 15 is 0 Å². The second-order valence-electron chi connectivity index (χ2n) is 6.94. The van der Waals surface area contributed by atoms with Crippen LogP contribution in [0.1, 0.15) is 16.7 Å². The molecule has 4 rings (SSSR count). The van der Waals surface area contributed by atoms with E-state index in [4.69, 9.17) is 11.6 Å². The van der Waals surface area contributed by atoms with Gasteiger partial charge in [-0.15, -0.1) is 5.10 Å². The van der Waals surface area contributed by atoms with Gasteiger partial charge in [-0.2, -0.15) is 0 Å². The van der Waals surface area contributed by atoms with Crippen LogP contribution >= 0.6 is 11.6 Å². The van der Waals surface area contributed by atoms with Crippen LogP contribution in [0.4, 0.5) is 10.2 Å². The predicted molar refractivity (Wildman–Crippen MR) is 112 cm³/mol. The lowest BCUT2D eigenvalue weighted by Crippen LogP contribution is -2.15. The van der Waals surface area contributed by atoms with Crippen LogP contribution in [0.5, 0.6) is 0 Å². The maximum Gasteiger partial charge on any atom is 0.230 e. The highest BCUT2D eigenvalue weighted by Crippen LogP contribution is 2.33. The number of rotatable bonds is 4. The first kappa shape index (κ1) is 19.1. The Morgan fingerprint density at radius 2 is 1.93 bits per heavy atom. The fourth-order valence-electron chi connectivity index (χ4n) is 3.09. The van der Waals surface area contributed by atoms with Crippen molar-refractivity contribution in [3.05, 3.63) is 82.4 Å².